The molecule has 1 N–H and O–H groups in total. The lowest BCUT2D eigenvalue weighted by atomic mass is 10.3. The number of methoxy groups -OCH3 is 1. The van der Waals surface area contributed by atoms with Crippen molar-refractivity contribution in [2.75, 3.05) is 31.6 Å². The Bertz CT molecular complexity index is 793. The van der Waals surface area contributed by atoms with Crippen molar-refractivity contribution in [2.45, 2.75) is 4.90 Å². The van der Waals surface area contributed by atoms with Gasteiger partial charge in [-0.3, -0.25) is 9.59 Å². The van der Waals surface area contributed by atoms with Gasteiger partial charge in [-0.15, -0.1) is 11.8 Å². The minimum atomic E-state index is -0.466. The number of esters is 1. The molecule has 0 radical (unpaired) electrons. The Balaban J connectivity index is 1.40. The van der Waals surface area contributed by atoms with E-state index in [1.807, 2.05) is 24.3 Å². The molecule has 7 nitrogen and oxygen atoms in total. The zero-order chi connectivity index (χ0) is 18.4. The van der Waals surface area contributed by atoms with Gasteiger partial charge in [-0.05, 0) is 36.4 Å². The maximum atomic E-state index is 11.9. The van der Waals surface area contributed by atoms with Gasteiger partial charge in [-0.2, -0.15) is 0 Å². The van der Waals surface area contributed by atoms with E-state index in [9.17, 15) is 9.59 Å². The summed E-state index contributed by atoms with van der Waals surface area (Å²) >= 11 is 1.32. The molecule has 3 rings (SSSR count). The summed E-state index contributed by atoms with van der Waals surface area (Å²) in [6.07, 6.45) is 0. The van der Waals surface area contributed by atoms with Crippen LogP contribution in [0.15, 0.2) is 47.4 Å². The van der Waals surface area contributed by atoms with Gasteiger partial charge in [0.15, 0.2) is 18.1 Å². The number of carbonyl (C=O) groups is 2. The maximum absolute atomic E-state index is 11.9. The molecule has 0 bridgehead atoms. The molecule has 0 aromatic heterocycles. The van der Waals surface area contributed by atoms with E-state index in [2.05, 4.69) is 5.32 Å². The lowest BCUT2D eigenvalue weighted by Crippen LogP contribution is -2.21. The second-order valence-corrected chi connectivity index (χ2v) is 6.29. The number of nitrogens with one attached hydrogen (secondary N) is 1. The number of benzene rings is 2. The fourth-order valence-corrected chi connectivity index (χ4v) is 2.87. The van der Waals surface area contributed by atoms with Crippen molar-refractivity contribution < 1.29 is 28.5 Å². The summed E-state index contributed by atoms with van der Waals surface area (Å²) in [4.78, 5) is 24.6. The summed E-state index contributed by atoms with van der Waals surface area (Å²) in [5, 5.41) is 2.64. The van der Waals surface area contributed by atoms with Crippen LogP contribution in [0.1, 0.15) is 0 Å². The molecule has 26 heavy (non-hydrogen) atoms. The molecule has 0 spiro atoms. The van der Waals surface area contributed by atoms with E-state index in [4.69, 9.17) is 18.9 Å². The molecule has 0 saturated heterocycles. The van der Waals surface area contributed by atoms with E-state index < -0.39 is 11.9 Å². The number of hydrogen-bond donors (Lipinski definition) is 1. The summed E-state index contributed by atoms with van der Waals surface area (Å²) in [7, 11) is 1.59. The Morgan fingerprint density at radius 2 is 1.88 bits per heavy atom. The van der Waals surface area contributed by atoms with Crippen LogP contribution in [0, 0.1) is 0 Å². The van der Waals surface area contributed by atoms with E-state index >= 15 is 0 Å². The van der Waals surface area contributed by atoms with Crippen LogP contribution in [0.5, 0.6) is 17.2 Å². The SMILES string of the molecule is COc1ccc(SCC(=O)OCC(=O)Nc2ccc3c(c2)OCO3)cc1. The minimum Gasteiger partial charge on any atom is -0.497 e. The van der Waals surface area contributed by atoms with E-state index in [0.717, 1.165) is 10.6 Å². The molecule has 1 aliphatic heterocycles. The standard InChI is InChI=1S/C18H17NO6S/c1-22-13-3-5-14(6-4-13)26-10-18(21)23-9-17(20)19-12-2-7-15-16(8-12)25-11-24-15/h2-8H,9-11H2,1H3,(H,19,20). The number of ether oxygens (including phenoxy) is 4. The van der Waals surface area contributed by atoms with Gasteiger partial charge in [-0.1, -0.05) is 0 Å². The van der Waals surface area contributed by atoms with Crippen LogP contribution < -0.4 is 19.5 Å². The van der Waals surface area contributed by atoms with Crippen LogP contribution in [-0.4, -0.2) is 38.1 Å². The third-order valence-electron chi connectivity index (χ3n) is 3.44. The molecule has 0 unspecified atom stereocenters. The maximum Gasteiger partial charge on any atom is 0.316 e. The first-order valence-corrected chi connectivity index (χ1v) is 8.74. The molecular weight excluding hydrogens is 358 g/mol. The van der Waals surface area contributed by atoms with Gasteiger partial charge in [0.05, 0.1) is 12.9 Å². The number of rotatable bonds is 7. The van der Waals surface area contributed by atoms with Crippen LogP contribution >= 0.6 is 11.8 Å². The predicted molar refractivity (Wildman–Crippen MR) is 95.9 cm³/mol. The molecule has 0 fully saturated rings. The van der Waals surface area contributed by atoms with Crippen LogP contribution in [0.2, 0.25) is 0 Å². The Morgan fingerprint density at radius 3 is 2.65 bits per heavy atom. The summed E-state index contributed by atoms with van der Waals surface area (Å²) in [5.41, 5.74) is 0.544. The number of amides is 1. The van der Waals surface area contributed by atoms with Crippen LogP contribution in [0.4, 0.5) is 5.69 Å². The average molecular weight is 375 g/mol. The lowest BCUT2D eigenvalue weighted by molar-refractivity contribution is -0.144. The minimum absolute atomic E-state index is 0.115. The monoisotopic (exact) mass is 375 g/mol. The summed E-state index contributed by atoms with van der Waals surface area (Å²) in [6.45, 7) is -0.188. The molecule has 2 aromatic rings. The van der Waals surface area contributed by atoms with Gasteiger partial charge in [0.2, 0.25) is 6.79 Å². The van der Waals surface area contributed by atoms with E-state index in [1.54, 1.807) is 25.3 Å². The van der Waals surface area contributed by atoms with E-state index in [0.29, 0.717) is 17.2 Å². The van der Waals surface area contributed by atoms with Gasteiger partial charge >= 0.3 is 5.97 Å². The second kappa shape index (κ2) is 8.48. The van der Waals surface area contributed by atoms with Crippen molar-refractivity contribution in [1.82, 2.24) is 0 Å². The predicted octanol–water partition coefficient (Wildman–Crippen LogP) is 2.70. The smallest absolute Gasteiger partial charge is 0.316 e. The quantitative estimate of drug-likeness (QED) is 0.588. The zero-order valence-corrected chi connectivity index (χ0v) is 14.8. The molecule has 1 aliphatic rings. The highest BCUT2D eigenvalue weighted by atomic mass is 32.2. The average Bonchev–Trinajstić information content (AvgIpc) is 3.13. The number of thioether (sulfide) groups is 1. The third-order valence-corrected chi connectivity index (χ3v) is 4.42. The van der Waals surface area contributed by atoms with Gasteiger partial charge in [0.1, 0.15) is 5.75 Å². The van der Waals surface area contributed by atoms with Gasteiger partial charge in [0.25, 0.3) is 5.91 Å². The molecule has 8 heteroatoms. The van der Waals surface area contributed by atoms with E-state index in [1.165, 1.54) is 11.8 Å². The van der Waals surface area contributed by atoms with Crippen LogP contribution in [0.3, 0.4) is 0 Å². The molecule has 0 atom stereocenters. The highest BCUT2D eigenvalue weighted by Crippen LogP contribution is 2.34. The van der Waals surface area contributed by atoms with Crippen molar-refractivity contribution in [3.05, 3.63) is 42.5 Å². The van der Waals surface area contributed by atoms with Crippen molar-refractivity contribution in [3.8, 4) is 17.2 Å². The zero-order valence-electron chi connectivity index (χ0n) is 14.0. The normalized spacial score (nSPS) is 11.7. The molecule has 2 aromatic carbocycles. The third kappa shape index (κ3) is 4.82. The molecule has 136 valence electrons. The summed E-state index contributed by atoms with van der Waals surface area (Å²) in [6, 6.07) is 12.4. The van der Waals surface area contributed by atoms with Crippen molar-refractivity contribution >= 4 is 29.3 Å². The Kier molecular flexibility index (Phi) is 5.85. The largest absolute Gasteiger partial charge is 0.497 e. The van der Waals surface area contributed by atoms with Crippen molar-refractivity contribution in [2.24, 2.45) is 0 Å². The summed E-state index contributed by atoms with van der Waals surface area (Å²) < 4.78 is 20.5. The fraction of sp³-hybridized carbons (Fsp3) is 0.222. The second-order valence-electron chi connectivity index (χ2n) is 5.24. The number of anilines is 1. The Morgan fingerprint density at radius 1 is 1.12 bits per heavy atom. The summed E-state index contributed by atoms with van der Waals surface area (Å²) in [5.74, 6) is 1.17. The number of carbonyl (C=O) groups excluding carboxylic acids is 2. The highest BCUT2D eigenvalue weighted by Gasteiger charge is 2.15. The van der Waals surface area contributed by atoms with Crippen molar-refractivity contribution in [1.29, 1.82) is 0 Å². The Labute approximate surface area is 154 Å². The van der Waals surface area contributed by atoms with Crippen LogP contribution in [0.25, 0.3) is 0 Å². The van der Waals surface area contributed by atoms with Gasteiger partial charge < -0.3 is 24.3 Å². The first-order chi connectivity index (χ1) is 12.6. The Hall–Kier alpha value is -2.87. The van der Waals surface area contributed by atoms with Gasteiger partial charge in [-0.25, -0.2) is 0 Å². The topological polar surface area (TPSA) is 83.1 Å². The number of hydrogen-bond acceptors (Lipinski definition) is 7. The molecule has 1 heterocycles. The van der Waals surface area contributed by atoms with Crippen LogP contribution in [-0.2, 0) is 14.3 Å². The van der Waals surface area contributed by atoms with E-state index in [-0.39, 0.29) is 19.2 Å². The molecular formula is C18H17NO6S. The van der Waals surface area contributed by atoms with Gasteiger partial charge in [0, 0.05) is 16.6 Å². The van der Waals surface area contributed by atoms with Crippen molar-refractivity contribution in [3.63, 3.8) is 0 Å². The fourth-order valence-electron chi connectivity index (χ4n) is 2.17. The molecule has 0 aliphatic carbocycles. The lowest BCUT2D eigenvalue weighted by Gasteiger charge is -2.07. The first kappa shape index (κ1) is 17.9. The molecule has 1 amide bonds. The highest BCUT2D eigenvalue weighted by molar-refractivity contribution is 8.00. The number of fused-ring (bicyclic) bond motifs is 1. The first-order valence-electron chi connectivity index (χ1n) is 7.76. The molecule has 0 saturated carbocycles.